The van der Waals surface area contributed by atoms with E-state index in [1.807, 2.05) is 37.3 Å². The third-order valence-corrected chi connectivity index (χ3v) is 9.05. The standard InChI is InChI=1S/C38H29N3S/c1-5-9-15-25(7-3)37-39-31-20-12-10-18-28(31)38(40-37)41-32-21-13-11-17-26(32)29-22-30-27-19-14-16-24(6-2)36(27)34(8-4)42-35(30)23-33(29)41/h5-23H,1,4H2,2-3H3/b15-9-,24-6-,25-7+. The van der Waals surface area contributed by atoms with Crippen LogP contribution in [0, 0.1) is 0 Å². The molecule has 0 spiro atoms. The van der Waals surface area contributed by atoms with Gasteiger partial charge in [0.25, 0.3) is 0 Å². The molecule has 202 valence electrons. The quantitative estimate of drug-likeness (QED) is 0.198. The zero-order chi connectivity index (χ0) is 28.8. The fourth-order valence-electron chi connectivity index (χ4n) is 5.97. The van der Waals surface area contributed by atoms with Gasteiger partial charge in [-0.25, -0.2) is 9.97 Å². The van der Waals surface area contributed by atoms with E-state index in [0.717, 1.165) is 33.3 Å². The molecular weight excluding hydrogens is 531 g/mol. The van der Waals surface area contributed by atoms with Crippen LogP contribution < -0.4 is 10.4 Å². The Bertz CT molecular complexity index is 2280. The van der Waals surface area contributed by atoms with Crippen LogP contribution in [-0.2, 0) is 0 Å². The summed E-state index contributed by atoms with van der Waals surface area (Å²) in [5, 5.41) is 5.89. The molecule has 0 N–H and O–H groups in total. The third kappa shape index (κ3) is 3.99. The Morgan fingerprint density at radius 3 is 2.40 bits per heavy atom. The molecule has 2 aromatic heterocycles. The van der Waals surface area contributed by atoms with Gasteiger partial charge < -0.3 is 0 Å². The number of hydrogen-bond acceptors (Lipinski definition) is 3. The van der Waals surface area contributed by atoms with Gasteiger partial charge in [-0.15, -0.1) is 0 Å². The molecule has 0 bridgehead atoms. The maximum Gasteiger partial charge on any atom is 0.161 e. The van der Waals surface area contributed by atoms with Gasteiger partial charge in [-0.2, -0.15) is 0 Å². The minimum Gasteiger partial charge on any atom is -0.293 e. The normalized spacial score (nSPS) is 13.7. The van der Waals surface area contributed by atoms with E-state index >= 15 is 0 Å². The highest BCUT2D eigenvalue weighted by Gasteiger charge is 2.23. The van der Waals surface area contributed by atoms with Gasteiger partial charge in [0, 0.05) is 36.8 Å². The Morgan fingerprint density at radius 2 is 1.62 bits per heavy atom. The predicted octanol–water partition coefficient (Wildman–Crippen LogP) is 8.74. The minimum absolute atomic E-state index is 0.683. The van der Waals surface area contributed by atoms with Crippen molar-refractivity contribution in [1.82, 2.24) is 14.5 Å². The molecule has 0 aliphatic carbocycles. The van der Waals surface area contributed by atoms with Gasteiger partial charge >= 0.3 is 0 Å². The number of para-hydroxylation sites is 2. The van der Waals surface area contributed by atoms with Crippen molar-refractivity contribution in [3.8, 4) is 16.9 Å². The smallest absolute Gasteiger partial charge is 0.161 e. The number of benzene rings is 4. The lowest BCUT2D eigenvalue weighted by Gasteiger charge is -2.19. The number of allylic oxidation sites excluding steroid dienone is 5. The van der Waals surface area contributed by atoms with Crippen molar-refractivity contribution in [2.24, 2.45) is 0 Å². The Morgan fingerprint density at radius 1 is 0.810 bits per heavy atom. The molecule has 0 saturated carbocycles. The molecule has 4 heteroatoms. The first-order valence-electron chi connectivity index (χ1n) is 14.1. The molecule has 0 atom stereocenters. The lowest BCUT2D eigenvalue weighted by molar-refractivity contribution is 1.05. The monoisotopic (exact) mass is 559 g/mol. The van der Waals surface area contributed by atoms with Crippen LogP contribution in [0.1, 0.15) is 19.7 Å². The van der Waals surface area contributed by atoms with Gasteiger partial charge in [0.15, 0.2) is 5.82 Å². The molecule has 0 unspecified atom stereocenters. The second-order valence-corrected chi connectivity index (χ2v) is 11.3. The van der Waals surface area contributed by atoms with Crippen molar-refractivity contribution in [1.29, 1.82) is 0 Å². The van der Waals surface area contributed by atoms with Crippen molar-refractivity contribution < 1.29 is 0 Å². The molecular formula is C38H29N3S. The lowest BCUT2D eigenvalue weighted by Crippen LogP contribution is -2.29. The van der Waals surface area contributed by atoms with E-state index in [2.05, 4.69) is 104 Å². The van der Waals surface area contributed by atoms with E-state index in [1.54, 1.807) is 17.8 Å². The Balaban J connectivity index is 1.59. The molecule has 1 aliphatic heterocycles. The number of aromatic nitrogens is 3. The SMILES string of the molecule is C=C/C=C\C(=C/C)c1nc(-n2c3ccccc3c3cc4c(cc32)SC(C=C)=c2c-4ccc/c2=C/C)c2ccccc2n1. The zero-order valence-electron chi connectivity index (χ0n) is 23.6. The van der Waals surface area contributed by atoms with Crippen molar-refractivity contribution in [3.05, 3.63) is 139 Å². The van der Waals surface area contributed by atoms with Crippen LogP contribution in [0.25, 0.3) is 66.2 Å². The van der Waals surface area contributed by atoms with Crippen LogP contribution in [0.3, 0.4) is 0 Å². The first kappa shape index (κ1) is 26.0. The van der Waals surface area contributed by atoms with Crippen LogP contribution in [0.4, 0.5) is 0 Å². The molecule has 7 rings (SSSR count). The summed E-state index contributed by atoms with van der Waals surface area (Å²) in [5.41, 5.74) is 6.57. The highest BCUT2D eigenvalue weighted by atomic mass is 32.2. The van der Waals surface area contributed by atoms with Crippen LogP contribution in [-0.4, -0.2) is 14.5 Å². The molecule has 0 fully saturated rings. The second kappa shape index (κ2) is 10.5. The summed E-state index contributed by atoms with van der Waals surface area (Å²) in [6, 6.07) is 28.1. The Hall–Kier alpha value is -4.93. The largest absolute Gasteiger partial charge is 0.293 e. The van der Waals surface area contributed by atoms with Crippen LogP contribution in [0.2, 0.25) is 0 Å². The number of fused-ring (bicyclic) bond motifs is 7. The summed E-state index contributed by atoms with van der Waals surface area (Å²) in [5.74, 6) is 1.55. The van der Waals surface area contributed by atoms with Crippen LogP contribution in [0.15, 0.2) is 127 Å². The van der Waals surface area contributed by atoms with E-state index in [9.17, 15) is 0 Å². The van der Waals surface area contributed by atoms with Gasteiger partial charge in [0.2, 0.25) is 0 Å². The maximum absolute atomic E-state index is 5.24. The van der Waals surface area contributed by atoms with Crippen LogP contribution in [0.5, 0.6) is 0 Å². The molecule has 42 heavy (non-hydrogen) atoms. The van der Waals surface area contributed by atoms with E-state index < -0.39 is 0 Å². The summed E-state index contributed by atoms with van der Waals surface area (Å²) in [4.78, 5) is 12.6. The Labute approximate surface area is 249 Å². The number of rotatable bonds is 5. The van der Waals surface area contributed by atoms with Gasteiger partial charge in [-0.1, -0.05) is 110 Å². The average molecular weight is 560 g/mol. The second-order valence-electron chi connectivity index (χ2n) is 10.2. The number of thioether (sulfide) groups is 1. The van der Waals surface area contributed by atoms with Crippen LogP contribution >= 0.6 is 11.8 Å². The molecule has 3 heterocycles. The molecule has 0 radical (unpaired) electrons. The van der Waals surface area contributed by atoms with E-state index in [4.69, 9.17) is 9.97 Å². The lowest BCUT2D eigenvalue weighted by atomic mass is 9.98. The first-order chi connectivity index (χ1) is 20.7. The first-order valence-corrected chi connectivity index (χ1v) is 14.9. The van der Waals surface area contributed by atoms with E-state index in [0.29, 0.717) is 5.82 Å². The molecule has 6 aromatic rings. The Kier molecular flexibility index (Phi) is 6.49. The summed E-state index contributed by atoms with van der Waals surface area (Å²) in [6.45, 7) is 12.1. The number of hydrogen-bond donors (Lipinski definition) is 0. The zero-order valence-corrected chi connectivity index (χ0v) is 24.5. The fourth-order valence-corrected chi connectivity index (χ4v) is 7.07. The fraction of sp³-hybridized carbons (Fsp3) is 0.0526. The summed E-state index contributed by atoms with van der Waals surface area (Å²) < 4.78 is 2.31. The van der Waals surface area contributed by atoms with Gasteiger partial charge in [0.1, 0.15) is 5.82 Å². The number of nitrogens with zero attached hydrogens (tertiary/aromatic N) is 3. The molecule has 1 aliphatic rings. The molecule has 0 saturated heterocycles. The van der Waals surface area contributed by atoms with Crippen molar-refractivity contribution in [2.75, 3.05) is 0 Å². The van der Waals surface area contributed by atoms with Crippen molar-refractivity contribution in [2.45, 2.75) is 18.7 Å². The summed E-state index contributed by atoms with van der Waals surface area (Å²) in [6.07, 6.45) is 11.9. The molecule has 3 nitrogen and oxygen atoms in total. The van der Waals surface area contributed by atoms with E-state index in [1.165, 1.54) is 42.1 Å². The third-order valence-electron chi connectivity index (χ3n) is 7.90. The maximum atomic E-state index is 5.24. The van der Waals surface area contributed by atoms with Crippen molar-refractivity contribution >= 4 is 61.0 Å². The predicted molar refractivity (Wildman–Crippen MR) is 181 cm³/mol. The minimum atomic E-state index is 0.683. The van der Waals surface area contributed by atoms with Crippen molar-refractivity contribution in [3.63, 3.8) is 0 Å². The highest BCUT2D eigenvalue weighted by molar-refractivity contribution is 8.08. The average Bonchev–Trinajstić information content (AvgIpc) is 3.36. The van der Waals surface area contributed by atoms with Gasteiger partial charge in [0.05, 0.1) is 16.6 Å². The topological polar surface area (TPSA) is 30.7 Å². The van der Waals surface area contributed by atoms with E-state index in [-0.39, 0.29) is 0 Å². The molecule has 0 amide bonds. The summed E-state index contributed by atoms with van der Waals surface area (Å²) >= 11 is 1.79. The van der Waals surface area contributed by atoms with Gasteiger partial charge in [-0.3, -0.25) is 4.57 Å². The highest BCUT2D eigenvalue weighted by Crippen LogP contribution is 2.44. The summed E-state index contributed by atoms with van der Waals surface area (Å²) in [7, 11) is 0. The molecule has 4 aromatic carbocycles. The van der Waals surface area contributed by atoms with Gasteiger partial charge in [-0.05, 0) is 60.5 Å².